The number of benzene rings is 2. The molecule has 0 bridgehead atoms. The molecule has 7 nitrogen and oxygen atoms in total. The van der Waals surface area contributed by atoms with E-state index in [9.17, 15) is 13.2 Å². The van der Waals surface area contributed by atoms with Gasteiger partial charge in [-0.3, -0.25) is 4.84 Å². The molecule has 8 heteroatoms. The van der Waals surface area contributed by atoms with Gasteiger partial charge >= 0.3 is 6.03 Å². The molecule has 1 N–H and O–H groups in total. The third kappa shape index (κ3) is 5.07. The van der Waals surface area contributed by atoms with E-state index >= 15 is 0 Å². The van der Waals surface area contributed by atoms with Gasteiger partial charge in [0.2, 0.25) is 10.0 Å². The van der Waals surface area contributed by atoms with Crippen LogP contribution in [0.15, 0.2) is 36.4 Å². The largest absolute Gasteiger partial charge is 0.494 e. The van der Waals surface area contributed by atoms with Crippen LogP contribution in [0.2, 0.25) is 0 Å². The smallest absolute Gasteiger partial charge is 0.354 e. The van der Waals surface area contributed by atoms with E-state index in [1.54, 1.807) is 0 Å². The lowest BCUT2D eigenvalue weighted by molar-refractivity contribution is 0.0981. The number of nitrogens with one attached hydrogen (secondary N) is 1. The highest BCUT2D eigenvalue weighted by Gasteiger charge is 2.22. The number of hydrogen-bond donors (Lipinski definition) is 1. The third-order valence-corrected chi connectivity index (χ3v) is 4.76. The summed E-state index contributed by atoms with van der Waals surface area (Å²) in [7, 11) is -2.44. The number of rotatable bonds is 7. The van der Waals surface area contributed by atoms with Crippen LogP contribution < -0.4 is 10.2 Å². The first-order valence-corrected chi connectivity index (χ1v) is 9.66. The third-order valence-electron chi connectivity index (χ3n) is 3.61. The molecule has 0 aliphatic carbocycles. The lowest BCUT2D eigenvalue weighted by atomic mass is 10.0. The van der Waals surface area contributed by atoms with E-state index < -0.39 is 16.1 Å². The Hall–Kier alpha value is -2.32. The van der Waals surface area contributed by atoms with Crippen LogP contribution in [0.25, 0.3) is 10.8 Å². The molecule has 0 aromatic heterocycles. The van der Waals surface area contributed by atoms with E-state index in [1.807, 2.05) is 48.8 Å². The lowest BCUT2D eigenvalue weighted by Gasteiger charge is -2.20. The molecular weight excluding hydrogens is 344 g/mol. The van der Waals surface area contributed by atoms with Gasteiger partial charge in [-0.15, -0.1) is 0 Å². The summed E-state index contributed by atoms with van der Waals surface area (Å²) in [5, 5.41) is 2.06. The fraction of sp³-hybridized carbons (Fsp3) is 0.353. The Kier molecular flexibility index (Phi) is 6.22. The van der Waals surface area contributed by atoms with Crippen LogP contribution >= 0.6 is 0 Å². The quantitative estimate of drug-likeness (QED) is 0.760. The molecule has 2 aromatic carbocycles. The summed E-state index contributed by atoms with van der Waals surface area (Å²) in [5.41, 5.74) is 2.96. The van der Waals surface area contributed by atoms with Crippen LogP contribution in [0, 0.1) is 0 Å². The molecule has 0 radical (unpaired) electrons. The predicted molar refractivity (Wildman–Crippen MR) is 95.9 cm³/mol. The molecule has 0 saturated carbocycles. The highest BCUT2D eigenvalue weighted by Crippen LogP contribution is 2.22. The zero-order valence-corrected chi connectivity index (χ0v) is 15.3. The molecule has 0 aliphatic heterocycles. The Balaban J connectivity index is 2.16. The molecular formula is C17H22N2O5S. The summed E-state index contributed by atoms with van der Waals surface area (Å²) in [4.78, 5) is 16.3. The van der Waals surface area contributed by atoms with Crippen LogP contribution in [0.1, 0.15) is 12.5 Å². The van der Waals surface area contributed by atoms with Crippen molar-refractivity contribution in [1.82, 2.24) is 9.79 Å². The van der Waals surface area contributed by atoms with Crippen molar-refractivity contribution >= 4 is 26.8 Å². The van der Waals surface area contributed by atoms with Gasteiger partial charge in [0.1, 0.15) is 5.75 Å². The molecule has 2 amide bonds. The van der Waals surface area contributed by atoms with Crippen LogP contribution in [0.5, 0.6) is 5.75 Å². The average molecular weight is 366 g/mol. The second kappa shape index (κ2) is 8.17. The number of carbonyl (C=O) groups excluding carboxylic acids is 1. The standard InChI is InChI=1S/C17H22N2O5S/c1-4-24-16-8-7-14-11-13(5-6-15(14)12-16)9-10-19(25(3,21)22)17(20)18-23-2/h5-8,11-12H,4,9-10H2,1-3H3,(H,18,20). The van der Waals surface area contributed by atoms with Gasteiger partial charge in [0.25, 0.3) is 0 Å². The SMILES string of the molecule is CCOc1ccc2cc(CCN(C(=O)NOC)S(C)(=O)=O)ccc2c1. The van der Waals surface area contributed by atoms with Gasteiger partial charge in [-0.1, -0.05) is 24.3 Å². The fourth-order valence-electron chi connectivity index (χ4n) is 2.47. The van der Waals surface area contributed by atoms with E-state index in [0.29, 0.717) is 13.0 Å². The highest BCUT2D eigenvalue weighted by molar-refractivity contribution is 7.88. The molecule has 25 heavy (non-hydrogen) atoms. The minimum atomic E-state index is -3.69. The number of fused-ring (bicyclic) bond motifs is 1. The summed E-state index contributed by atoms with van der Waals surface area (Å²) in [6.07, 6.45) is 1.38. The summed E-state index contributed by atoms with van der Waals surface area (Å²) in [6, 6.07) is 10.8. The first kappa shape index (κ1) is 19.0. The maximum atomic E-state index is 11.8. The van der Waals surface area contributed by atoms with Crippen molar-refractivity contribution in [2.45, 2.75) is 13.3 Å². The predicted octanol–water partition coefficient (Wildman–Crippen LogP) is 2.31. The summed E-state index contributed by atoms with van der Waals surface area (Å²) < 4.78 is 29.8. The van der Waals surface area contributed by atoms with E-state index in [4.69, 9.17) is 4.74 Å². The van der Waals surface area contributed by atoms with E-state index in [0.717, 1.165) is 32.6 Å². The van der Waals surface area contributed by atoms with Crippen LogP contribution in [0.4, 0.5) is 4.79 Å². The minimum absolute atomic E-state index is 0.0244. The average Bonchev–Trinajstić information content (AvgIpc) is 2.54. The Morgan fingerprint density at radius 3 is 2.48 bits per heavy atom. The van der Waals surface area contributed by atoms with E-state index in [1.165, 1.54) is 7.11 Å². The van der Waals surface area contributed by atoms with Gasteiger partial charge in [-0.25, -0.2) is 23.0 Å². The van der Waals surface area contributed by atoms with Crippen molar-refractivity contribution in [2.24, 2.45) is 0 Å². The number of nitrogens with zero attached hydrogens (tertiary/aromatic N) is 1. The molecule has 0 atom stereocenters. The number of hydroxylamine groups is 1. The van der Waals surface area contributed by atoms with Gasteiger partial charge in [-0.2, -0.15) is 0 Å². The van der Waals surface area contributed by atoms with E-state index in [2.05, 4.69) is 4.84 Å². The maximum absolute atomic E-state index is 11.8. The van der Waals surface area contributed by atoms with Crippen LogP contribution in [0.3, 0.4) is 0 Å². The first-order chi connectivity index (χ1) is 11.8. The lowest BCUT2D eigenvalue weighted by Crippen LogP contribution is -2.43. The number of sulfonamides is 1. The number of hydrogen-bond acceptors (Lipinski definition) is 5. The highest BCUT2D eigenvalue weighted by atomic mass is 32.2. The summed E-state index contributed by atoms with van der Waals surface area (Å²) in [6.45, 7) is 2.56. The maximum Gasteiger partial charge on any atom is 0.354 e. The minimum Gasteiger partial charge on any atom is -0.494 e. The van der Waals surface area contributed by atoms with Crippen molar-refractivity contribution in [2.75, 3.05) is 26.5 Å². The Morgan fingerprint density at radius 1 is 1.16 bits per heavy atom. The van der Waals surface area contributed by atoms with Gasteiger partial charge < -0.3 is 4.74 Å². The fourth-order valence-corrected chi connectivity index (χ4v) is 3.23. The Bertz CT molecular complexity index is 851. The van der Waals surface area contributed by atoms with Crippen molar-refractivity contribution < 1.29 is 22.8 Å². The molecule has 0 fully saturated rings. The molecule has 0 aliphatic rings. The van der Waals surface area contributed by atoms with Crippen LogP contribution in [-0.4, -0.2) is 45.3 Å². The van der Waals surface area contributed by atoms with E-state index in [-0.39, 0.29) is 6.54 Å². The number of ether oxygens (including phenoxy) is 1. The second-order valence-electron chi connectivity index (χ2n) is 5.47. The number of amides is 2. The molecule has 0 spiro atoms. The molecule has 0 saturated heterocycles. The second-order valence-corrected chi connectivity index (χ2v) is 7.38. The zero-order valence-electron chi connectivity index (χ0n) is 14.5. The van der Waals surface area contributed by atoms with Gasteiger partial charge in [0, 0.05) is 6.54 Å². The normalized spacial score (nSPS) is 11.3. The zero-order chi connectivity index (χ0) is 18.4. The van der Waals surface area contributed by atoms with Crippen LogP contribution in [-0.2, 0) is 21.3 Å². The van der Waals surface area contributed by atoms with Gasteiger partial charge in [0.05, 0.1) is 20.0 Å². The molecule has 136 valence electrons. The summed E-state index contributed by atoms with van der Waals surface area (Å²) in [5.74, 6) is 0.808. The Labute approximate surface area is 147 Å². The summed E-state index contributed by atoms with van der Waals surface area (Å²) >= 11 is 0. The Morgan fingerprint density at radius 2 is 1.84 bits per heavy atom. The van der Waals surface area contributed by atoms with Crippen molar-refractivity contribution in [3.8, 4) is 5.75 Å². The monoisotopic (exact) mass is 366 g/mol. The molecule has 2 rings (SSSR count). The number of urea groups is 1. The van der Waals surface area contributed by atoms with Gasteiger partial charge in [-0.05, 0) is 41.8 Å². The van der Waals surface area contributed by atoms with Gasteiger partial charge in [0.15, 0.2) is 0 Å². The number of carbonyl (C=O) groups is 1. The van der Waals surface area contributed by atoms with Crippen molar-refractivity contribution in [3.05, 3.63) is 42.0 Å². The molecule has 0 heterocycles. The molecule has 2 aromatic rings. The van der Waals surface area contributed by atoms with Crippen molar-refractivity contribution in [1.29, 1.82) is 0 Å². The first-order valence-electron chi connectivity index (χ1n) is 7.81. The molecule has 0 unspecified atom stereocenters. The topological polar surface area (TPSA) is 84.9 Å². The van der Waals surface area contributed by atoms with Crippen molar-refractivity contribution in [3.63, 3.8) is 0 Å².